The van der Waals surface area contributed by atoms with Crippen LogP contribution in [-0.4, -0.2) is 46.2 Å². The molecule has 0 spiro atoms. The Morgan fingerprint density at radius 2 is 1.80 bits per heavy atom. The highest BCUT2D eigenvalue weighted by molar-refractivity contribution is 5.88. The first-order chi connectivity index (χ1) is 11.6. The summed E-state index contributed by atoms with van der Waals surface area (Å²) in [5, 5.41) is 11.6. The van der Waals surface area contributed by atoms with E-state index >= 15 is 0 Å². The van der Waals surface area contributed by atoms with E-state index in [2.05, 4.69) is 5.32 Å². The number of amides is 2. The number of hydrogen-bond acceptors (Lipinski definition) is 4. The minimum Gasteiger partial charge on any atom is -0.480 e. The van der Waals surface area contributed by atoms with Gasteiger partial charge in [-0.1, -0.05) is 37.3 Å². The Balaban J connectivity index is 2.85. The van der Waals surface area contributed by atoms with E-state index in [4.69, 9.17) is 9.84 Å². The SMILES string of the molecule is CC[C@H](NC(=O)OC(C)(C)C)C(=O)N(CC(=O)O)Cc1ccccc1. The summed E-state index contributed by atoms with van der Waals surface area (Å²) in [5.74, 6) is -1.57. The van der Waals surface area contributed by atoms with E-state index in [1.807, 2.05) is 30.3 Å². The third kappa shape index (κ3) is 7.69. The van der Waals surface area contributed by atoms with Crippen LogP contribution in [0.4, 0.5) is 4.79 Å². The van der Waals surface area contributed by atoms with E-state index in [-0.39, 0.29) is 6.54 Å². The molecule has 0 bridgehead atoms. The number of rotatable bonds is 7. The number of alkyl carbamates (subject to hydrolysis) is 1. The summed E-state index contributed by atoms with van der Waals surface area (Å²) in [5.41, 5.74) is 0.125. The first kappa shape index (κ1) is 20.5. The van der Waals surface area contributed by atoms with Crippen LogP contribution < -0.4 is 5.32 Å². The average molecular weight is 350 g/mol. The van der Waals surface area contributed by atoms with Gasteiger partial charge in [-0.2, -0.15) is 0 Å². The fourth-order valence-corrected chi connectivity index (χ4v) is 2.19. The standard InChI is InChI=1S/C18H26N2O5/c1-5-14(19-17(24)25-18(2,3)4)16(23)20(12-15(21)22)11-13-9-7-6-8-10-13/h6-10,14H,5,11-12H2,1-4H3,(H,19,24)(H,21,22)/t14-/m0/s1. The van der Waals surface area contributed by atoms with E-state index < -0.39 is 36.2 Å². The van der Waals surface area contributed by atoms with Crippen LogP contribution in [-0.2, 0) is 20.9 Å². The Kier molecular flexibility index (Phi) is 7.42. The molecule has 0 heterocycles. The van der Waals surface area contributed by atoms with Crippen molar-refractivity contribution in [3.8, 4) is 0 Å². The lowest BCUT2D eigenvalue weighted by molar-refractivity contribution is -0.145. The van der Waals surface area contributed by atoms with Crippen molar-refractivity contribution in [3.63, 3.8) is 0 Å². The Bertz CT molecular complexity index is 595. The molecule has 0 aromatic heterocycles. The van der Waals surface area contributed by atoms with Gasteiger partial charge in [0.25, 0.3) is 0 Å². The van der Waals surface area contributed by atoms with Gasteiger partial charge in [0.05, 0.1) is 0 Å². The summed E-state index contributed by atoms with van der Waals surface area (Å²) in [4.78, 5) is 37.0. The maximum Gasteiger partial charge on any atom is 0.408 e. The molecule has 0 aliphatic heterocycles. The minimum absolute atomic E-state index is 0.151. The molecule has 0 saturated carbocycles. The van der Waals surface area contributed by atoms with Crippen LogP contribution in [0.5, 0.6) is 0 Å². The highest BCUT2D eigenvalue weighted by Gasteiger charge is 2.28. The lowest BCUT2D eigenvalue weighted by atomic mass is 10.1. The largest absolute Gasteiger partial charge is 0.480 e. The van der Waals surface area contributed by atoms with Gasteiger partial charge in [0, 0.05) is 6.54 Å². The second kappa shape index (κ2) is 9.05. The maximum atomic E-state index is 12.7. The fraction of sp³-hybridized carbons (Fsp3) is 0.500. The van der Waals surface area contributed by atoms with Crippen molar-refractivity contribution in [2.75, 3.05) is 6.54 Å². The summed E-state index contributed by atoms with van der Waals surface area (Å²) in [7, 11) is 0. The summed E-state index contributed by atoms with van der Waals surface area (Å²) in [6.07, 6.45) is -0.383. The number of carbonyl (C=O) groups is 3. The second-order valence-corrected chi connectivity index (χ2v) is 6.68. The number of carboxylic acid groups (broad SMARTS) is 1. The van der Waals surface area contributed by atoms with Crippen molar-refractivity contribution >= 4 is 18.0 Å². The van der Waals surface area contributed by atoms with Crippen LogP contribution in [0.1, 0.15) is 39.7 Å². The third-order valence-corrected chi connectivity index (χ3v) is 3.25. The lowest BCUT2D eigenvalue weighted by Gasteiger charge is -2.27. The highest BCUT2D eigenvalue weighted by Crippen LogP contribution is 2.10. The average Bonchev–Trinajstić information content (AvgIpc) is 2.50. The summed E-state index contributed by atoms with van der Waals surface area (Å²) < 4.78 is 5.16. The molecule has 1 rings (SSSR count). The van der Waals surface area contributed by atoms with Gasteiger partial charge in [-0.05, 0) is 32.8 Å². The Hall–Kier alpha value is -2.57. The predicted octanol–water partition coefficient (Wildman–Crippen LogP) is 2.40. The van der Waals surface area contributed by atoms with E-state index in [0.717, 1.165) is 5.56 Å². The topological polar surface area (TPSA) is 95.9 Å². The van der Waals surface area contributed by atoms with E-state index in [9.17, 15) is 14.4 Å². The van der Waals surface area contributed by atoms with Gasteiger partial charge in [-0.15, -0.1) is 0 Å². The van der Waals surface area contributed by atoms with Gasteiger partial charge in [0.2, 0.25) is 5.91 Å². The fourth-order valence-electron chi connectivity index (χ4n) is 2.19. The minimum atomic E-state index is -1.11. The number of hydrogen-bond donors (Lipinski definition) is 2. The number of benzene rings is 1. The van der Waals surface area contributed by atoms with Gasteiger partial charge < -0.3 is 20.1 Å². The molecule has 0 fully saturated rings. The number of aliphatic carboxylic acids is 1. The van der Waals surface area contributed by atoms with Crippen molar-refractivity contribution < 1.29 is 24.2 Å². The molecular formula is C18H26N2O5. The summed E-state index contributed by atoms with van der Waals surface area (Å²) >= 11 is 0. The van der Waals surface area contributed by atoms with Crippen LogP contribution in [0, 0.1) is 0 Å². The van der Waals surface area contributed by atoms with E-state index in [1.54, 1.807) is 27.7 Å². The van der Waals surface area contributed by atoms with E-state index in [0.29, 0.717) is 6.42 Å². The molecule has 0 radical (unpaired) electrons. The molecule has 0 aliphatic rings. The van der Waals surface area contributed by atoms with Crippen molar-refractivity contribution in [2.45, 2.75) is 52.3 Å². The Labute approximate surface area is 148 Å². The first-order valence-corrected chi connectivity index (χ1v) is 8.16. The summed E-state index contributed by atoms with van der Waals surface area (Å²) in [6, 6.07) is 8.24. The number of carboxylic acids is 1. The van der Waals surface area contributed by atoms with Crippen molar-refractivity contribution in [1.82, 2.24) is 10.2 Å². The Morgan fingerprint density at radius 1 is 1.20 bits per heavy atom. The first-order valence-electron chi connectivity index (χ1n) is 8.16. The summed E-state index contributed by atoms with van der Waals surface area (Å²) in [6.45, 7) is 6.62. The molecule has 0 saturated heterocycles. The van der Waals surface area contributed by atoms with Gasteiger partial charge in [0.1, 0.15) is 18.2 Å². The van der Waals surface area contributed by atoms with Gasteiger partial charge in [0.15, 0.2) is 0 Å². The van der Waals surface area contributed by atoms with Gasteiger partial charge in [-0.3, -0.25) is 9.59 Å². The van der Waals surface area contributed by atoms with Crippen LogP contribution in [0.2, 0.25) is 0 Å². The molecular weight excluding hydrogens is 324 g/mol. The molecule has 2 amide bonds. The molecule has 25 heavy (non-hydrogen) atoms. The van der Waals surface area contributed by atoms with Gasteiger partial charge >= 0.3 is 12.1 Å². The molecule has 1 atom stereocenters. The number of nitrogens with zero attached hydrogens (tertiary/aromatic N) is 1. The molecule has 7 heteroatoms. The van der Waals surface area contributed by atoms with Gasteiger partial charge in [-0.25, -0.2) is 4.79 Å². The maximum absolute atomic E-state index is 12.7. The third-order valence-electron chi connectivity index (χ3n) is 3.25. The monoisotopic (exact) mass is 350 g/mol. The van der Waals surface area contributed by atoms with Crippen molar-refractivity contribution in [2.24, 2.45) is 0 Å². The molecule has 7 nitrogen and oxygen atoms in total. The Morgan fingerprint density at radius 3 is 2.28 bits per heavy atom. The number of carbonyl (C=O) groups excluding carboxylic acids is 2. The molecule has 1 aromatic rings. The van der Waals surface area contributed by atoms with Crippen LogP contribution in [0.3, 0.4) is 0 Å². The zero-order valence-corrected chi connectivity index (χ0v) is 15.1. The number of ether oxygens (including phenoxy) is 1. The van der Waals surface area contributed by atoms with Crippen molar-refractivity contribution in [3.05, 3.63) is 35.9 Å². The van der Waals surface area contributed by atoms with Crippen LogP contribution in [0.25, 0.3) is 0 Å². The smallest absolute Gasteiger partial charge is 0.408 e. The van der Waals surface area contributed by atoms with Crippen molar-refractivity contribution in [1.29, 1.82) is 0 Å². The zero-order valence-electron chi connectivity index (χ0n) is 15.1. The molecule has 2 N–H and O–H groups in total. The second-order valence-electron chi connectivity index (χ2n) is 6.68. The van der Waals surface area contributed by atoms with Crippen LogP contribution >= 0.6 is 0 Å². The molecule has 1 aromatic carbocycles. The zero-order chi connectivity index (χ0) is 19.0. The van der Waals surface area contributed by atoms with Crippen LogP contribution in [0.15, 0.2) is 30.3 Å². The number of nitrogens with one attached hydrogen (secondary N) is 1. The molecule has 0 unspecified atom stereocenters. The lowest BCUT2D eigenvalue weighted by Crippen LogP contribution is -2.50. The quantitative estimate of drug-likeness (QED) is 0.787. The predicted molar refractivity (Wildman–Crippen MR) is 92.9 cm³/mol. The normalized spacial score (nSPS) is 12.2. The van der Waals surface area contributed by atoms with E-state index in [1.165, 1.54) is 4.90 Å². The molecule has 0 aliphatic carbocycles. The highest BCUT2D eigenvalue weighted by atomic mass is 16.6. The molecule has 138 valence electrons.